The van der Waals surface area contributed by atoms with Crippen LogP contribution >= 0.6 is 0 Å². The molecule has 4 aromatic rings. The van der Waals surface area contributed by atoms with Crippen molar-refractivity contribution in [2.45, 2.75) is 38.8 Å². The molecule has 1 atom stereocenters. The van der Waals surface area contributed by atoms with Gasteiger partial charge in [-0.1, -0.05) is 12.5 Å². The van der Waals surface area contributed by atoms with Crippen LogP contribution in [0.5, 0.6) is 5.75 Å². The summed E-state index contributed by atoms with van der Waals surface area (Å²) in [5, 5.41) is 0.649. The molecule has 2 aliphatic rings. The summed E-state index contributed by atoms with van der Waals surface area (Å²) in [5.41, 5.74) is 3.47. The Labute approximate surface area is 208 Å². The summed E-state index contributed by atoms with van der Waals surface area (Å²) in [5.74, 6) is -0.0322. The largest absolute Gasteiger partial charge is 0.490 e. The molecule has 1 aromatic carbocycles. The highest BCUT2D eigenvalue weighted by molar-refractivity contribution is 6.09. The molecule has 5 heterocycles. The molecule has 36 heavy (non-hydrogen) atoms. The third-order valence-electron chi connectivity index (χ3n) is 7.39. The molecule has 2 aliphatic heterocycles. The van der Waals surface area contributed by atoms with Crippen LogP contribution in [0.25, 0.3) is 33.1 Å². The quantitative estimate of drug-likeness (QED) is 0.379. The molecular weight excluding hydrogens is 461 g/mol. The molecule has 0 bridgehead atoms. The maximum absolute atomic E-state index is 15.5. The number of hydrogen-bond donors (Lipinski definition) is 0. The zero-order chi connectivity index (χ0) is 24.8. The summed E-state index contributed by atoms with van der Waals surface area (Å²) in [6, 6.07) is 4.91. The molecule has 0 unspecified atom stereocenters. The van der Waals surface area contributed by atoms with Crippen molar-refractivity contribution in [2.75, 3.05) is 32.8 Å². The second-order valence-electron chi connectivity index (χ2n) is 9.81. The number of rotatable bonds is 6. The van der Waals surface area contributed by atoms with Crippen molar-refractivity contribution in [3.63, 3.8) is 0 Å². The highest BCUT2D eigenvalue weighted by Crippen LogP contribution is 2.43. The number of likely N-dealkylation sites (tertiary alicyclic amines) is 1. The Morgan fingerprint density at radius 1 is 1.17 bits per heavy atom. The number of benzene rings is 1. The normalized spacial score (nSPS) is 18.1. The van der Waals surface area contributed by atoms with E-state index in [-0.39, 0.29) is 18.3 Å². The molecule has 6 rings (SSSR count). The van der Waals surface area contributed by atoms with Gasteiger partial charge in [-0.3, -0.25) is 19.1 Å². The second-order valence-corrected chi connectivity index (χ2v) is 9.81. The van der Waals surface area contributed by atoms with E-state index in [1.807, 2.05) is 19.1 Å². The van der Waals surface area contributed by atoms with Gasteiger partial charge in [-0.15, -0.1) is 0 Å². The molecule has 1 saturated heterocycles. The van der Waals surface area contributed by atoms with Gasteiger partial charge < -0.3 is 14.4 Å². The Morgan fingerprint density at radius 3 is 2.78 bits per heavy atom. The van der Waals surface area contributed by atoms with E-state index in [1.165, 1.54) is 25.3 Å². The average molecular weight is 492 g/mol. The summed E-state index contributed by atoms with van der Waals surface area (Å²) >= 11 is 0. The van der Waals surface area contributed by atoms with Crippen molar-refractivity contribution in [2.24, 2.45) is 7.05 Å². The first-order valence-electron chi connectivity index (χ1n) is 12.6. The first-order chi connectivity index (χ1) is 17.5. The first-order valence-corrected chi connectivity index (χ1v) is 12.6. The number of imidazole rings is 1. The van der Waals surface area contributed by atoms with Crippen LogP contribution in [0.1, 0.15) is 37.9 Å². The van der Waals surface area contributed by atoms with Gasteiger partial charge in [0.05, 0.1) is 58.6 Å². The van der Waals surface area contributed by atoms with Gasteiger partial charge in [0.25, 0.3) is 0 Å². The lowest BCUT2D eigenvalue weighted by molar-refractivity contribution is 0.0845. The Kier molecular flexibility index (Phi) is 5.97. The summed E-state index contributed by atoms with van der Waals surface area (Å²) in [6.07, 6.45) is 7.14. The van der Waals surface area contributed by atoms with E-state index in [0.29, 0.717) is 46.5 Å². The zero-order valence-corrected chi connectivity index (χ0v) is 20.7. The fourth-order valence-corrected chi connectivity index (χ4v) is 5.43. The number of piperidine rings is 1. The molecule has 8 nitrogen and oxygen atoms in total. The maximum atomic E-state index is 15.5. The number of aromatic nitrogens is 4. The fourth-order valence-electron chi connectivity index (χ4n) is 5.43. The summed E-state index contributed by atoms with van der Waals surface area (Å²) < 4.78 is 30.8. The van der Waals surface area contributed by atoms with Crippen molar-refractivity contribution in [3.05, 3.63) is 52.6 Å². The van der Waals surface area contributed by atoms with Crippen LogP contribution in [0.4, 0.5) is 4.39 Å². The second kappa shape index (κ2) is 9.29. The molecule has 3 aromatic heterocycles. The van der Waals surface area contributed by atoms with Crippen molar-refractivity contribution in [3.8, 4) is 16.9 Å². The van der Waals surface area contributed by atoms with Crippen LogP contribution in [-0.2, 0) is 18.4 Å². The van der Waals surface area contributed by atoms with Gasteiger partial charge in [-0.05, 0) is 38.9 Å². The minimum atomic E-state index is -0.434. The van der Waals surface area contributed by atoms with Gasteiger partial charge in [-0.25, -0.2) is 9.18 Å². The lowest BCUT2D eigenvalue weighted by Crippen LogP contribution is -2.32. The van der Waals surface area contributed by atoms with Crippen LogP contribution < -0.4 is 10.4 Å². The third kappa shape index (κ3) is 3.87. The Balaban J connectivity index is 1.32. The number of halogens is 1. The standard InChI is InChI=1S/C27H30FN5O3/c1-17-15-36-26-23(18-6-7-19(29-13-18)16-35-11-10-32-8-4-3-5-9-32)20(28)12-21-24(26)25-22(14-30-21)31(2)27(34)33(17)25/h6-7,12-14,17H,3-5,8-11,15-16H2,1-2H3/t17-/m0/s1. The first kappa shape index (κ1) is 23.1. The Hall–Kier alpha value is -3.30. The van der Waals surface area contributed by atoms with Gasteiger partial charge in [0, 0.05) is 31.4 Å². The zero-order valence-electron chi connectivity index (χ0n) is 20.7. The van der Waals surface area contributed by atoms with Gasteiger partial charge in [-0.2, -0.15) is 0 Å². The van der Waals surface area contributed by atoms with Gasteiger partial charge >= 0.3 is 5.69 Å². The van der Waals surface area contributed by atoms with Crippen LogP contribution in [0.15, 0.2) is 35.4 Å². The number of pyridine rings is 2. The monoisotopic (exact) mass is 491 g/mol. The Morgan fingerprint density at radius 2 is 2.00 bits per heavy atom. The van der Waals surface area contributed by atoms with Gasteiger partial charge in [0.1, 0.15) is 18.2 Å². The number of hydrogen-bond acceptors (Lipinski definition) is 6. The van der Waals surface area contributed by atoms with E-state index < -0.39 is 5.82 Å². The van der Waals surface area contributed by atoms with E-state index in [9.17, 15) is 4.79 Å². The molecule has 0 aliphatic carbocycles. The molecule has 0 radical (unpaired) electrons. The number of nitrogens with zero attached hydrogens (tertiary/aromatic N) is 5. The SMILES string of the molecule is C[C@H]1COc2c(-c3ccc(COCCN4CCCCC4)nc3)c(F)cc3ncc4c(c23)n1c(=O)n4C. The Bertz CT molecular complexity index is 1490. The predicted molar refractivity (Wildman–Crippen MR) is 136 cm³/mol. The van der Waals surface area contributed by atoms with Gasteiger partial charge in [0.2, 0.25) is 0 Å². The van der Waals surface area contributed by atoms with E-state index in [2.05, 4.69) is 14.9 Å². The molecule has 188 valence electrons. The van der Waals surface area contributed by atoms with E-state index in [0.717, 1.165) is 30.8 Å². The van der Waals surface area contributed by atoms with Crippen molar-refractivity contribution in [1.29, 1.82) is 0 Å². The minimum absolute atomic E-state index is 0.138. The summed E-state index contributed by atoms with van der Waals surface area (Å²) in [6.45, 7) is 6.49. The molecule has 1 fully saturated rings. The average Bonchev–Trinajstić information content (AvgIpc) is 3.05. The van der Waals surface area contributed by atoms with Crippen molar-refractivity contribution in [1.82, 2.24) is 24.0 Å². The molecule has 0 amide bonds. The van der Waals surface area contributed by atoms with Crippen molar-refractivity contribution < 1.29 is 13.9 Å². The summed E-state index contributed by atoms with van der Waals surface area (Å²) in [7, 11) is 1.73. The number of aryl methyl sites for hydroxylation is 1. The van der Waals surface area contributed by atoms with Gasteiger partial charge in [0.15, 0.2) is 0 Å². The van der Waals surface area contributed by atoms with Crippen molar-refractivity contribution >= 4 is 21.9 Å². The fraction of sp³-hybridized carbons (Fsp3) is 0.444. The molecule has 0 N–H and O–H groups in total. The van der Waals surface area contributed by atoms with Crippen LogP contribution in [-0.4, -0.2) is 56.9 Å². The molecule has 0 spiro atoms. The van der Waals surface area contributed by atoms with Crippen LogP contribution in [0.2, 0.25) is 0 Å². The smallest absolute Gasteiger partial charge is 0.329 e. The number of ether oxygens (including phenoxy) is 2. The molecule has 0 saturated carbocycles. The van der Waals surface area contributed by atoms with E-state index in [4.69, 9.17) is 9.47 Å². The molecular formula is C27H30FN5O3. The topological polar surface area (TPSA) is 74.4 Å². The lowest BCUT2D eigenvalue weighted by atomic mass is 10.0. The maximum Gasteiger partial charge on any atom is 0.329 e. The predicted octanol–water partition coefficient (Wildman–Crippen LogP) is 4.05. The van der Waals surface area contributed by atoms with Crippen LogP contribution in [0.3, 0.4) is 0 Å². The minimum Gasteiger partial charge on any atom is -0.490 e. The third-order valence-corrected chi connectivity index (χ3v) is 7.39. The van der Waals surface area contributed by atoms with E-state index in [1.54, 1.807) is 28.6 Å². The summed E-state index contributed by atoms with van der Waals surface area (Å²) in [4.78, 5) is 24.4. The van der Waals surface area contributed by atoms with E-state index >= 15 is 4.39 Å². The molecule has 9 heteroatoms. The highest BCUT2D eigenvalue weighted by Gasteiger charge is 2.28. The lowest BCUT2D eigenvalue weighted by Gasteiger charge is -2.26. The highest BCUT2D eigenvalue weighted by atomic mass is 19.1. The van der Waals surface area contributed by atoms with Crippen LogP contribution in [0, 0.1) is 5.82 Å².